The zero-order valence-electron chi connectivity index (χ0n) is 17.3. The van der Waals surface area contributed by atoms with E-state index in [1.807, 2.05) is 11.6 Å². The number of guanidine groups is 1. The van der Waals surface area contributed by atoms with E-state index < -0.39 is 0 Å². The van der Waals surface area contributed by atoms with Gasteiger partial charge in [-0.05, 0) is 37.5 Å². The maximum Gasteiger partial charge on any atom is 0.191 e. The maximum atomic E-state index is 5.57. The van der Waals surface area contributed by atoms with Crippen molar-refractivity contribution in [3.63, 3.8) is 0 Å². The average Bonchev–Trinajstić information content (AvgIpc) is 3.27. The molecule has 1 aromatic carbocycles. The molecule has 0 spiro atoms. The Bertz CT molecular complexity index is 828. The number of methoxy groups -OCH3 is 1. The lowest BCUT2D eigenvalue weighted by Crippen LogP contribution is -2.38. The second kappa shape index (κ2) is 9.59. The highest BCUT2D eigenvalue weighted by Gasteiger charge is 2.13. The van der Waals surface area contributed by atoms with Crippen LogP contribution < -0.4 is 15.4 Å². The Morgan fingerprint density at radius 2 is 2.18 bits per heavy atom. The smallest absolute Gasteiger partial charge is 0.191 e. The van der Waals surface area contributed by atoms with E-state index in [4.69, 9.17) is 9.47 Å². The number of hydrogen-bond acceptors (Lipinski definition) is 4. The number of nitrogens with one attached hydrogen (secondary N) is 2. The fourth-order valence-corrected chi connectivity index (χ4v) is 3.50. The first kappa shape index (κ1) is 20.2. The van der Waals surface area contributed by atoms with Gasteiger partial charge in [0.15, 0.2) is 5.96 Å². The maximum absolute atomic E-state index is 5.57. The lowest BCUT2D eigenvalue weighted by Gasteiger charge is -2.13. The molecule has 28 heavy (non-hydrogen) atoms. The molecule has 1 aliphatic rings. The fraction of sp³-hybridized carbons (Fsp3) is 0.524. The molecule has 3 rings (SSSR count). The third-order valence-corrected chi connectivity index (χ3v) is 5.15. The van der Waals surface area contributed by atoms with Crippen LogP contribution in [0, 0.1) is 13.8 Å². The summed E-state index contributed by atoms with van der Waals surface area (Å²) in [5, 5.41) is 11.4. The van der Waals surface area contributed by atoms with Crippen molar-refractivity contribution in [3.8, 4) is 5.75 Å². The van der Waals surface area contributed by atoms with Crippen molar-refractivity contribution >= 4 is 5.96 Å². The Morgan fingerprint density at radius 1 is 1.32 bits per heavy atom. The van der Waals surface area contributed by atoms with E-state index in [1.165, 1.54) is 16.7 Å². The van der Waals surface area contributed by atoms with Crippen LogP contribution >= 0.6 is 0 Å². The van der Waals surface area contributed by atoms with Gasteiger partial charge in [0.25, 0.3) is 0 Å². The van der Waals surface area contributed by atoms with Gasteiger partial charge in [-0.1, -0.05) is 12.1 Å². The summed E-state index contributed by atoms with van der Waals surface area (Å²) in [4.78, 5) is 4.34. The fourth-order valence-electron chi connectivity index (χ4n) is 3.50. The monoisotopic (exact) mass is 385 g/mol. The summed E-state index contributed by atoms with van der Waals surface area (Å²) in [6.45, 7) is 7.88. The first-order chi connectivity index (χ1) is 13.6. The standard InChI is InChI=1S/C21H31N5O2/c1-15-19(16(2)26(25-15)10-12-27-4)14-24-21(22-3)23-9-7-17-5-6-20-18(13-17)8-11-28-20/h5-6,13H,7-12,14H2,1-4H3,(H2,22,23,24). The molecule has 0 saturated carbocycles. The van der Waals surface area contributed by atoms with Gasteiger partial charge in [-0.2, -0.15) is 5.10 Å². The van der Waals surface area contributed by atoms with Crippen molar-refractivity contribution in [2.75, 3.05) is 33.9 Å². The number of nitrogens with zero attached hydrogens (tertiary/aromatic N) is 3. The molecule has 0 aliphatic carbocycles. The predicted octanol–water partition coefficient (Wildman–Crippen LogP) is 1.99. The van der Waals surface area contributed by atoms with E-state index in [-0.39, 0.29) is 0 Å². The molecule has 0 fully saturated rings. The Balaban J connectivity index is 1.49. The third-order valence-electron chi connectivity index (χ3n) is 5.15. The summed E-state index contributed by atoms with van der Waals surface area (Å²) in [5.74, 6) is 1.83. The Morgan fingerprint density at radius 3 is 2.96 bits per heavy atom. The molecule has 7 nitrogen and oxygen atoms in total. The molecule has 2 aromatic rings. The molecular weight excluding hydrogens is 354 g/mol. The van der Waals surface area contributed by atoms with Gasteiger partial charge < -0.3 is 20.1 Å². The van der Waals surface area contributed by atoms with Crippen LogP contribution in [0.5, 0.6) is 5.75 Å². The summed E-state index contributed by atoms with van der Waals surface area (Å²) in [6, 6.07) is 6.47. The molecule has 7 heteroatoms. The summed E-state index contributed by atoms with van der Waals surface area (Å²) in [5.41, 5.74) is 6.04. The van der Waals surface area contributed by atoms with E-state index in [0.717, 1.165) is 55.6 Å². The normalized spacial score (nSPS) is 13.4. The number of hydrogen-bond donors (Lipinski definition) is 2. The highest BCUT2D eigenvalue weighted by molar-refractivity contribution is 5.79. The Hall–Kier alpha value is -2.54. The second-order valence-corrected chi connectivity index (χ2v) is 7.01. The molecule has 0 atom stereocenters. The zero-order valence-corrected chi connectivity index (χ0v) is 17.3. The molecule has 1 aliphatic heterocycles. The summed E-state index contributed by atoms with van der Waals surface area (Å²) < 4.78 is 12.7. The van der Waals surface area contributed by atoms with Crippen molar-refractivity contribution in [2.45, 2.75) is 39.8 Å². The van der Waals surface area contributed by atoms with Crippen LogP contribution in [0.3, 0.4) is 0 Å². The van der Waals surface area contributed by atoms with Gasteiger partial charge in [0.1, 0.15) is 5.75 Å². The molecule has 152 valence electrons. The quantitative estimate of drug-likeness (QED) is 0.537. The molecule has 0 radical (unpaired) electrons. The topological polar surface area (TPSA) is 72.7 Å². The Kier molecular flexibility index (Phi) is 6.92. The van der Waals surface area contributed by atoms with E-state index in [2.05, 4.69) is 45.8 Å². The number of rotatable bonds is 8. The van der Waals surface area contributed by atoms with Gasteiger partial charge in [0.2, 0.25) is 0 Å². The lowest BCUT2D eigenvalue weighted by atomic mass is 10.1. The molecule has 2 heterocycles. The molecule has 2 N–H and O–H groups in total. The van der Waals surface area contributed by atoms with Crippen molar-refractivity contribution in [1.29, 1.82) is 0 Å². The van der Waals surface area contributed by atoms with Crippen molar-refractivity contribution in [1.82, 2.24) is 20.4 Å². The molecule has 0 unspecified atom stereocenters. The van der Waals surface area contributed by atoms with Gasteiger partial charge in [-0.15, -0.1) is 0 Å². The first-order valence-corrected chi connectivity index (χ1v) is 9.83. The average molecular weight is 386 g/mol. The van der Waals surface area contributed by atoms with E-state index in [9.17, 15) is 0 Å². The minimum absolute atomic E-state index is 0.660. The van der Waals surface area contributed by atoms with Crippen LogP contribution in [-0.4, -0.2) is 49.7 Å². The van der Waals surface area contributed by atoms with Gasteiger partial charge in [0, 0.05) is 44.9 Å². The van der Waals surface area contributed by atoms with Crippen molar-refractivity contribution in [2.24, 2.45) is 4.99 Å². The number of aryl methyl sites for hydroxylation is 1. The highest BCUT2D eigenvalue weighted by atomic mass is 16.5. The number of fused-ring (bicyclic) bond motifs is 1. The predicted molar refractivity (Wildman–Crippen MR) is 111 cm³/mol. The minimum Gasteiger partial charge on any atom is -0.493 e. The molecule has 0 bridgehead atoms. The third kappa shape index (κ3) is 4.84. The van der Waals surface area contributed by atoms with Gasteiger partial charge in [-0.3, -0.25) is 9.67 Å². The SMILES string of the molecule is CN=C(NCCc1ccc2c(c1)CCO2)NCc1c(C)nn(CCOC)c1C. The van der Waals surface area contributed by atoms with Crippen LogP contribution in [-0.2, 0) is 30.7 Å². The number of ether oxygens (including phenoxy) is 2. The van der Waals surface area contributed by atoms with E-state index >= 15 is 0 Å². The largest absolute Gasteiger partial charge is 0.493 e. The van der Waals surface area contributed by atoms with Crippen LogP contribution in [0.2, 0.25) is 0 Å². The molecular formula is C21H31N5O2. The molecule has 0 amide bonds. The van der Waals surface area contributed by atoms with E-state index in [0.29, 0.717) is 13.2 Å². The number of aliphatic imine (C=N–C) groups is 1. The zero-order chi connectivity index (χ0) is 19.9. The first-order valence-electron chi connectivity index (χ1n) is 9.83. The lowest BCUT2D eigenvalue weighted by molar-refractivity contribution is 0.182. The van der Waals surface area contributed by atoms with Crippen molar-refractivity contribution in [3.05, 3.63) is 46.3 Å². The molecule has 0 saturated heterocycles. The summed E-state index contributed by atoms with van der Waals surface area (Å²) in [6.07, 6.45) is 1.96. The summed E-state index contributed by atoms with van der Waals surface area (Å²) in [7, 11) is 3.50. The minimum atomic E-state index is 0.660. The van der Waals surface area contributed by atoms with Crippen LogP contribution in [0.1, 0.15) is 28.1 Å². The molecule has 1 aromatic heterocycles. The van der Waals surface area contributed by atoms with Crippen molar-refractivity contribution < 1.29 is 9.47 Å². The van der Waals surface area contributed by atoms with Gasteiger partial charge in [0.05, 0.1) is 25.5 Å². The van der Waals surface area contributed by atoms with Gasteiger partial charge >= 0.3 is 0 Å². The van der Waals surface area contributed by atoms with E-state index in [1.54, 1.807) is 14.2 Å². The van der Waals surface area contributed by atoms with Gasteiger partial charge in [-0.25, -0.2) is 0 Å². The van der Waals surface area contributed by atoms with Crippen LogP contribution in [0.4, 0.5) is 0 Å². The number of benzene rings is 1. The second-order valence-electron chi connectivity index (χ2n) is 7.01. The van der Waals surface area contributed by atoms with Crippen LogP contribution in [0.15, 0.2) is 23.2 Å². The highest BCUT2D eigenvalue weighted by Crippen LogP contribution is 2.25. The Labute approximate surface area is 167 Å². The van der Waals surface area contributed by atoms with Crippen LogP contribution in [0.25, 0.3) is 0 Å². The number of aromatic nitrogens is 2. The summed E-state index contributed by atoms with van der Waals surface area (Å²) >= 11 is 0.